The molecule has 5 nitrogen and oxygen atoms in total. The Morgan fingerprint density at radius 3 is 2.15 bits per heavy atom. The Morgan fingerprint density at radius 2 is 1.58 bits per heavy atom. The van der Waals surface area contributed by atoms with Gasteiger partial charge in [0.25, 0.3) is 0 Å². The van der Waals surface area contributed by atoms with Gasteiger partial charge in [-0.2, -0.15) is 0 Å². The summed E-state index contributed by atoms with van der Waals surface area (Å²) in [6.45, 7) is 8.68. The predicted octanol–water partition coefficient (Wildman–Crippen LogP) is 3.78. The SMILES string of the molecule is CCCn1c(=O)n(CC(=O)Nc2c(C)cc(C)cc2C)c2ccccc21. The van der Waals surface area contributed by atoms with E-state index < -0.39 is 0 Å². The molecule has 0 fully saturated rings. The molecule has 0 radical (unpaired) electrons. The van der Waals surface area contributed by atoms with Gasteiger partial charge in [0.15, 0.2) is 0 Å². The van der Waals surface area contributed by atoms with Crippen LogP contribution in [0.5, 0.6) is 0 Å². The van der Waals surface area contributed by atoms with Crippen LogP contribution in [-0.4, -0.2) is 15.0 Å². The highest BCUT2D eigenvalue weighted by molar-refractivity contribution is 5.93. The van der Waals surface area contributed by atoms with Gasteiger partial charge in [-0.05, 0) is 50.5 Å². The summed E-state index contributed by atoms with van der Waals surface area (Å²) in [5, 5.41) is 2.98. The zero-order valence-electron chi connectivity index (χ0n) is 15.8. The van der Waals surface area contributed by atoms with Crippen molar-refractivity contribution in [2.45, 2.75) is 47.2 Å². The molecule has 0 unspecified atom stereocenters. The summed E-state index contributed by atoms with van der Waals surface area (Å²) in [6.07, 6.45) is 0.863. The maximum Gasteiger partial charge on any atom is 0.329 e. The van der Waals surface area contributed by atoms with Gasteiger partial charge in [-0.1, -0.05) is 36.8 Å². The number of nitrogens with one attached hydrogen (secondary N) is 1. The number of hydrogen-bond acceptors (Lipinski definition) is 2. The molecule has 5 heteroatoms. The number of hydrogen-bond donors (Lipinski definition) is 1. The molecule has 0 aliphatic rings. The maximum absolute atomic E-state index is 12.8. The lowest BCUT2D eigenvalue weighted by Gasteiger charge is -2.13. The minimum absolute atomic E-state index is 0.00280. The van der Waals surface area contributed by atoms with Crippen molar-refractivity contribution in [2.75, 3.05) is 5.32 Å². The summed E-state index contributed by atoms with van der Waals surface area (Å²) in [6, 6.07) is 11.7. The summed E-state index contributed by atoms with van der Waals surface area (Å²) in [5.74, 6) is -0.193. The highest BCUT2D eigenvalue weighted by Gasteiger charge is 2.16. The Labute approximate surface area is 153 Å². The minimum Gasteiger partial charge on any atom is -0.324 e. The lowest BCUT2D eigenvalue weighted by Crippen LogP contribution is -2.29. The van der Waals surface area contributed by atoms with Crippen molar-refractivity contribution in [1.29, 1.82) is 0 Å². The number of rotatable bonds is 5. The van der Waals surface area contributed by atoms with Crippen LogP contribution in [0.3, 0.4) is 0 Å². The molecule has 1 aromatic heterocycles. The molecule has 0 saturated carbocycles. The van der Waals surface area contributed by atoms with Crippen molar-refractivity contribution < 1.29 is 4.79 Å². The van der Waals surface area contributed by atoms with E-state index in [9.17, 15) is 9.59 Å². The van der Waals surface area contributed by atoms with Gasteiger partial charge in [-0.15, -0.1) is 0 Å². The monoisotopic (exact) mass is 351 g/mol. The molecule has 1 heterocycles. The molecule has 0 aliphatic carbocycles. The largest absolute Gasteiger partial charge is 0.329 e. The van der Waals surface area contributed by atoms with E-state index in [1.165, 1.54) is 0 Å². The molecule has 0 atom stereocenters. The third kappa shape index (κ3) is 3.29. The quantitative estimate of drug-likeness (QED) is 0.760. The standard InChI is InChI=1S/C21H25N3O2/c1-5-10-23-17-8-6-7-9-18(17)24(21(23)26)13-19(25)22-20-15(3)11-14(2)12-16(20)4/h6-9,11-12H,5,10,13H2,1-4H3,(H,22,25). The van der Waals surface area contributed by atoms with Crippen molar-refractivity contribution in [1.82, 2.24) is 9.13 Å². The molecule has 0 spiro atoms. The summed E-state index contributed by atoms with van der Waals surface area (Å²) in [4.78, 5) is 25.4. The van der Waals surface area contributed by atoms with Crippen molar-refractivity contribution in [3.05, 3.63) is 63.6 Å². The van der Waals surface area contributed by atoms with E-state index in [0.717, 1.165) is 39.8 Å². The van der Waals surface area contributed by atoms with E-state index >= 15 is 0 Å². The highest BCUT2D eigenvalue weighted by Crippen LogP contribution is 2.22. The van der Waals surface area contributed by atoms with Gasteiger partial charge in [0.1, 0.15) is 6.54 Å². The van der Waals surface area contributed by atoms with Gasteiger partial charge in [0, 0.05) is 12.2 Å². The summed E-state index contributed by atoms with van der Waals surface area (Å²) < 4.78 is 3.30. The number of aryl methyl sites for hydroxylation is 4. The second-order valence-corrected chi connectivity index (χ2v) is 6.83. The number of amides is 1. The molecule has 0 saturated heterocycles. The normalized spacial score (nSPS) is 11.1. The van der Waals surface area contributed by atoms with E-state index in [1.54, 1.807) is 9.13 Å². The third-order valence-corrected chi connectivity index (χ3v) is 4.62. The Hall–Kier alpha value is -2.82. The first-order valence-electron chi connectivity index (χ1n) is 8.98. The number of carbonyl (C=O) groups is 1. The second-order valence-electron chi connectivity index (χ2n) is 6.83. The van der Waals surface area contributed by atoms with Gasteiger partial charge in [-0.3, -0.25) is 13.9 Å². The van der Waals surface area contributed by atoms with Crippen molar-refractivity contribution >= 4 is 22.6 Å². The molecule has 26 heavy (non-hydrogen) atoms. The molecule has 136 valence electrons. The fourth-order valence-electron chi connectivity index (χ4n) is 3.56. The molecular weight excluding hydrogens is 326 g/mol. The molecule has 0 aliphatic heterocycles. The first-order chi connectivity index (χ1) is 12.4. The number of benzene rings is 2. The van der Waals surface area contributed by atoms with Crippen LogP contribution >= 0.6 is 0 Å². The highest BCUT2D eigenvalue weighted by atomic mass is 16.2. The smallest absolute Gasteiger partial charge is 0.324 e. The number of fused-ring (bicyclic) bond motifs is 1. The number of carbonyl (C=O) groups excluding carboxylic acids is 1. The van der Waals surface area contributed by atoms with Crippen LogP contribution in [0.15, 0.2) is 41.2 Å². The van der Waals surface area contributed by atoms with Crippen molar-refractivity contribution in [3.63, 3.8) is 0 Å². The number of anilines is 1. The van der Waals surface area contributed by atoms with Crippen LogP contribution in [0, 0.1) is 20.8 Å². The van der Waals surface area contributed by atoms with E-state index in [-0.39, 0.29) is 18.1 Å². The zero-order chi connectivity index (χ0) is 18.8. The predicted molar refractivity (Wildman–Crippen MR) is 106 cm³/mol. The first kappa shape index (κ1) is 18.0. The van der Waals surface area contributed by atoms with Gasteiger partial charge in [0.2, 0.25) is 5.91 Å². The van der Waals surface area contributed by atoms with E-state index in [2.05, 4.69) is 5.32 Å². The number of imidazole rings is 1. The molecule has 3 rings (SSSR count). The molecule has 1 N–H and O–H groups in total. The average molecular weight is 351 g/mol. The number of aromatic nitrogens is 2. The van der Waals surface area contributed by atoms with Crippen LogP contribution in [0.25, 0.3) is 11.0 Å². The Morgan fingerprint density at radius 1 is 1.00 bits per heavy atom. The number of nitrogens with zero attached hydrogens (tertiary/aromatic N) is 2. The third-order valence-electron chi connectivity index (χ3n) is 4.62. The fourth-order valence-corrected chi connectivity index (χ4v) is 3.56. The van der Waals surface area contributed by atoms with Gasteiger partial charge in [-0.25, -0.2) is 4.79 Å². The lowest BCUT2D eigenvalue weighted by molar-refractivity contribution is -0.116. The second kappa shape index (κ2) is 7.20. The number of para-hydroxylation sites is 2. The Balaban J connectivity index is 1.93. The first-order valence-corrected chi connectivity index (χ1v) is 8.98. The van der Waals surface area contributed by atoms with Gasteiger partial charge < -0.3 is 5.32 Å². The van der Waals surface area contributed by atoms with Gasteiger partial charge >= 0.3 is 5.69 Å². The summed E-state index contributed by atoms with van der Waals surface area (Å²) in [7, 11) is 0. The van der Waals surface area contributed by atoms with E-state index in [0.29, 0.717) is 6.54 Å². The van der Waals surface area contributed by atoms with Crippen LogP contribution in [-0.2, 0) is 17.9 Å². The molecule has 3 aromatic rings. The van der Waals surface area contributed by atoms with Crippen LogP contribution in [0.1, 0.15) is 30.0 Å². The maximum atomic E-state index is 12.8. The lowest BCUT2D eigenvalue weighted by atomic mass is 10.1. The topological polar surface area (TPSA) is 56.0 Å². The molecule has 2 aromatic carbocycles. The zero-order valence-corrected chi connectivity index (χ0v) is 15.8. The Kier molecular flexibility index (Phi) is 4.98. The van der Waals surface area contributed by atoms with Crippen LogP contribution < -0.4 is 11.0 Å². The van der Waals surface area contributed by atoms with Crippen molar-refractivity contribution in [2.24, 2.45) is 0 Å². The van der Waals surface area contributed by atoms with Crippen LogP contribution in [0.2, 0.25) is 0 Å². The molecular formula is C21H25N3O2. The Bertz CT molecular complexity index is 1000. The van der Waals surface area contributed by atoms with E-state index in [4.69, 9.17) is 0 Å². The van der Waals surface area contributed by atoms with E-state index in [1.807, 2.05) is 64.1 Å². The fraction of sp³-hybridized carbons (Fsp3) is 0.333. The molecule has 0 bridgehead atoms. The summed E-state index contributed by atoms with van der Waals surface area (Å²) >= 11 is 0. The van der Waals surface area contributed by atoms with Crippen molar-refractivity contribution in [3.8, 4) is 0 Å². The minimum atomic E-state index is -0.193. The average Bonchev–Trinajstić information content (AvgIpc) is 2.84. The molecule has 1 amide bonds. The van der Waals surface area contributed by atoms with Crippen LogP contribution in [0.4, 0.5) is 5.69 Å². The summed E-state index contributed by atoms with van der Waals surface area (Å²) in [5.41, 5.74) is 5.56. The van der Waals surface area contributed by atoms with Gasteiger partial charge in [0.05, 0.1) is 11.0 Å².